The van der Waals surface area contributed by atoms with Gasteiger partial charge in [0.25, 0.3) is 0 Å². The number of allylic oxidation sites excluding steroid dienone is 1. The Kier molecular flexibility index (Phi) is 6.28. The Balaban J connectivity index is 1.89. The van der Waals surface area contributed by atoms with E-state index in [9.17, 15) is 22.8 Å². The standard InChI is InChI=1S/C21H19F3N4O3/c1-12(25)17(13-5-3-2-4-6-13)19(30)31-18(29)14-9-15(21(22,23)24)11-16(10-14)28-20-26-7-8-27-20/h2-6,9-11H,7-8,25H2,1H3,(H2,26,27,28). The van der Waals surface area contributed by atoms with Crippen LogP contribution in [0.3, 0.4) is 0 Å². The van der Waals surface area contributed by atoms with Crippen LogP contribution in [0.25, 0.3) is 5.57 Å². The summed E-state index contributed by atoms with van der Waals surface area (Å²) >= 11 is 0. The molecule has 0 amide bonds. The van der Waals surface area contributed by atoms with Crippen LogP contribution in [0.1, 0.15) is 28.4 Å². The molecule has 10 heteroatoms. The predicted molar refractivity (Wildman–Crippen MR) is 109 cm³/mol. The van der Waals surface area contributed by atoms with Crippen LogP contribution in [0, 0.1) is 0 Å². The minimum Gasteiger partial charge on any atom is -0.402 e. The van der Waals surface area contributed by atoms with Gasteiger partial charge in [-0.3, -0.25) is 4.99 Å². The van der Waals surface area contributed by atoms with E-state index in [2.05, 4.69) is 15.6 Å². The van der Waals surface area contributed by atoms with Gasteiger partial charge in [0, 0.05) is 17.9 Å². The molecule has 0 atom stereocenters. The van der Waals surface area contributed by atoms with Crippen LogP contribution in [0.15, 0.2) is 59.2 Å². The van der Waals surface area contributed by atoms with Gasteiger partial charge in [-0.05, 0) is 30.7 Å². The van der Waals surface area contributed by atoms with Crippen LogP contribution in [0.4, 0.5) is 18.9 Å². The lowest BCUT2D eigenvalue weighted by molar-refractivity contribution is -0.137. The van der Waals surface area contributed by atoms with E-state index in [4.69, 9.17) is 10.5 Å². The second-order valence-corrected chi connectivity index (χ2v) is 6.68. The third kappa shape index (κ3) is 5.41. The second kappa shape index (κ2) is 8.90. The predicted octanol–water partition coefficient (Wildman–Crippen LogP) is 3.15. The Morgan fingerprint density at radius 2 is 1.84 bits per heavy atom. The smallest absolute Gasteiger partial charge is 0.402 e. The van der Waals surface area contributed by atoms with E-state index in [0.717, 1.165) is 12.1 Å². The van der Waals surface area contributed by atoms with Gasteiger partial charge in [-0.15, -0.1) is 0 Å². The summed E-state index contributed by atoms with van der Waals surface area (Å²) < 4.78 is 44.8. The molecule has 0 fully saturated rings. The average molecular weight is 432 g/mol. The number of benzene rings is 2. The van der Waals surface area contributed by atoms with Gasteiger partial charge in [0.15, 0.2) is 5.96 Å². The Labute approximate surface area is 175 Å². The molecule has 2 aromatic rings. The topological polar surface area (TPSA) is 106 Å². The summed E-state index contributed by atoms with van der Waals surface area (Å²) in [6.45, 7) is 2.46. The minimum absolute atomic E-state index is 0.0313. The Morgan fingerprint density at radius 1 is 1.13 bits per heavy atom. The number of halogens is 3. The summed E-state index contributed by atoms with van der Waals surface area (Å²) in [4.78, 5) is 29.1. The van der Waals surface area contributed by atoms with Crippen molar-refractivity contribution >= 4 is 29.2 Å². The SMILES string of the molecule is CC(N)=C(C(=O)OC(=O)c1cc(NC2=NCCN2)cc(C(F)(F)F)c1)c1ccccc1. The molecule has 0 spiro atoms. The van der Waals surface area contributed by atoms with E-state index in [1.54, 1.807) is 30.3 Å². The molecule has 162 valence electrons. The number of hydrogen-bond acceptors (Lipinski definition) is 7. The van der Waals surface area contributed by atoms with Crippen molar-refractivity contribution in [1.29, 1.82) is 0 Å². The first-order chi connectivity index (χ1) is 14.6. The lowest BCUT2D eigenvalue weighted by Gasteiger charge is -2.14. The quantitative estimate of drug-likeness (QED) is 0.389. The number of ether oxygens (including phenoxy) is 1. The normalized spacial score (nSPS) is 14.3. The van der Waals surface area contributed by atoms with Crippen LogP contribution in [-0.2, 0) is 15.7 Å². The molecule has 0 aliphatic carbocycles. The molecule has 0 radical (unpaired) electrons. The number of nitrogens with two attached hydrogens (primary N) is 1. The summed E-state index contributed by atoms with van der Waals surface area (Å²) in [7, 11) is 0. The maximum Gasteiger partial charge on any atom is 0.416 e. The van der Waals surface area contributed by atoms with E-state index >= 15 is 0 Å². The highest BCUT2D eigenvalue weighted by molar-refractivity contribution is 6.21. The van der Waals surface area contributed by atoms with Crippen molar-refractivity contribution in [2.75, 3.05) is 18.4 Å². The second-order valence-electron chi connectivity index (χ2n) is 6.68. The van der Waals surface area contributed by atoms with Crippen molar-refractivity contribution < 1.29 is 27.5 Å². The molecule has 31 heavy (non-hydrogen) atoms. The minimum atomic E-state index is -4.72. The lowest BCUT2D eigenvalue weighted by Crippen LogP contribution is -2.26. The number of hydrogen-bond donors (Lipinski definition) is 3. The molecule has 1 heterocycles. The number of alkyl halides is 3. The molecule has 4 N–H and O–H groups in total. The number of carbonyl (C=O) groups is 2. The molecule has 2 aromatic carbocycles. The number of guanidine groups is 1. The number of nitrogens with one attached hydrogen (secondary N) is 2. The van der Waals surface area contributed by atoms with Gasteiger partial charge >= 0.3 is 18.1 Å². The third-order valence-corrected chi connectivity index (χ3v) is 4.28. The zero-order valence-corrected chi connectivity index (χ0v) is 16.4. The van der Waals surface area contributed by atoms with Crippen molar-refractivity contribution in [3.05, 3.63) is 70.9 Å². The Morgan fingerprint density at radius 3 is 2.42 bits per heavy atom. The molecule has 0 unspecified atom stereocenters. The maximum atomic E-state index is 13.3. The van der Waals surface area contributed by atoms with E-state index in [1.807, 2.05) is 0 Å². The summed E-state index contributed by atoms with van der Waals surface area (Å²) in [6.07, 6.45) is -4.72. The third-order valence-electron chi connectivity index (χ3n) is 4.28. The van der Waals surface area contributed by atoms with Gasteiger partial charge in [0.05, 0.1) is 23.2 Å². The molecule has 0 saturated heterocycles. The maximum absolute atomic E-state index is 13.3. The van der Waals surface area contributed by atoms with Crippen LogP contribution < -0.4 is 16.4 Å². The van der Waals surface area contributed by atoms with Gasteiger partial charge in [0.1, 0.15) is 0 Å². The first kappa shape index (κ1) is 21.9. The fraction of sp³-hybridized carbons (Fsp3) is 0.190. The van der Waals surface area contributed by atoms with Crippen LogP contribution in [0.5, 0.6) is 0 Å². The molecule has 1 aliphatic heterocycles. The fourth-order valence-corrected chi connectivity index (χ4v) is 2.91. The lowest BCUT2D eigenvalue weighted by atomic mass is 10.0. The molecular weight excluding hydrogens is 413 g/mol. The molecule has 0 saturated carbocycles. The van der Waals surface area contributed by atoms with E-state index in [-0.39, 0.29) is 22.9 Å². The molecular formula is C21H19F3N4O3. The van der Waals surface area contributed by atoms with Gasteiger partial charge in [0.2, 0.25) is 0 Å². The van der Waals surface area contributed by atoms with E-state index in [0.29, 0.717) is 24.7 Å². The molecule has 1 aliphatic rings. The zero-order valence-electron chi connectivity index (χ0n) is 16.4. The van der Waals surface area contributed by atoms with Gasteiger partial charge in [-0.1, -0.05) is 30.3 Å². The summed E-state index contributed by atoms with van der Waals surface area (Å²) in [6, 6.07) is 10.8. The van der Waals surface area contributed by atoms with E-state index in [1.165, 1.54) is 6.92 Å². The molecule has 3 rings (SSSR count). The highest BCUT2D eigenvalue weighted by atomic mass is 19.4. The van der Waals surface area contributed by atoms with Crippen molar-refractivity contribution in [3.63, 3.8) is 0 Å². The average Bonchev–Trinajstić information content (AvgIpc) is 3.20. The van der Waals surface area contributed by atoms with Crippen LogP contribution >= 0.6 is 0 Å². The Bertz CT molecular complexity index is 1060. The number of rotatable bonds is 4. The highest BCUT2D eigenvalue weighted by Crippen LogP contribution is 2.32. The summed E-state index contributed by atoms with van der Waals surface area (Å²) in [5, 5.41) is 5.54. The summed E-state index contributed by atoms with van der Waals surface area (Å²) in [5.41, 5.74) is 4.67. The van der Waals surface area contributed by atoms with Crippen molar-refractivity contribution in [2.45, 2.75) is 13.1 Å². The van der Waals surface area contributed by atoms with Gasteiger partial charge in [-0.25, -0.2) is 9.59 Å². The number of anilines is 1. The van der Waals surface area contributed by atoms with Gasteiger partial charge in [-0.2, -0.15) is 13.2 Å². The van der Waals surface area contributed by atoms with Crippen LogP contribution in [-0.4, -0.2) is 31.0 Å². The molecule has 0 aromatic heterocycles. The number of esters is 2. The zero-order chi connectivity index (χ0) is 22.6. The van der Waals surface area contributed by atoms with Crippen molar-refractivity contribution in [1.82, 2.24) is 5.32 Å². The Hall–Kier alpha value is -3.82. The highest BCUT2D eigenvalue weighted by Gasteiger charge is 2.32. The van der Waals surface area contributed by atoms with Crippen LogP contribution in [0.2, 0.25) is 0 Å². The van der Waals surface area contributed by atoms with Crippen molar-refractivity contribution in [3.8, 4) is 0 Å². The largest absolute Gasteiger partial charge is 0.416 e. The van der Waals surface area contributed by atoms with Gasteiger partial charge < -0.3 is 21.1 Å². The number of carbonyl (C=O) groups excluding carboxylic acids is 2. The monoisotopic (exact) mass is 432 g/mol. The van der Waals surface area contributed by atoms with Crippen molar-refractivity contribution in [2.24, 2.45) is 10.7 Å². The first-order valence-corrected chi connectivity index (χ1v) is 9.21. The number of aliphatic imine (C=N–C) groups is 1. The fourth-order valence-electron chi connectivity index (χ4n) is 2.91. The van der Waals surface area contributed by atoms with E-state index < -0.39 is 29.2 Å². The number of nitrogens with zero attached hydrogens (tertiary/aromatic N) is 1. The molecule has 7 nitrogen and oxygen atoms in total. The summed E-state index contributed by atoms with van der Waals surface area (Å²) in [5.74, 6) is -2.03. The molecule has 0 bridgehead atoms. The first-order valence-electron chi connectivity index (χ1n) is 9.21.